The van der Waals surface area contributed by atoms with E-state index in [1.807, 2.05) is 12.3 Å². The monoisotopic (exact) mass is 325 g/mol. The Morgan fingerprint density at radius 2 is 1.94 bits per heavy atom. The molecule has 0 saturated heterocycles. The summed E-state index contributed by atoms with van der Waals surface area (Å²) in [6, 6.07) is 4.13. The van der Waals surface area contributed by atoms with Gasteiger partial charge >= 0.3 is 98.9 Å². The molecule has 0 radical (unpaired) electrons. The number of hydrogen-bond acceptors (Lipinski definition) is 4. The van der Waals surface area contributed by atoms with Crippen molar-refractivity contribution in [3.8, 4) is 11.5 Å². The van der Waals surface area contributed by atoms with Crippen molar-refractivity contribution in [2.75, 3.05) is 0 Å². The number of aromatic nitrogens is 5. The second-order valence-corrected chi connectivity index (χ2v) is 19.3. The summed E-state index contributed by atoms with van der Waals surface area (Å²) in [6.07, 6.45) is 1.96. The average molecular weight is 324 g/mol. The zero-order valence-electron chi connectivity index (χ0n) is 9.97. The molecule has 5 nitrogen and oxygen atoms in total. The van der Waals surface area contributed by atoms with Crippen LogP contribution in [0.4, 0.5) is 0 Å². The number of tetrazole rings is 1. The second kappa shape index (κ2) is 4.12. The fraction of sp³-hybridized carbons (Fsp3) is 0.400. The van der Waals surface area contributed by atoms with Crippen molar-refractivity contribution >= 4 is 22.0 Å². The first-order valence-corrected chi connectivity index (χ1v) is 15.2. The molecule has 84 valence electrons. The van der Waals surface area contributed by atoms with Crippen LogP contribution in [-0.4, -0.2) is 43.6 Å². The van der Waals surface area contributed by atoms with Crippen LogP contribution in [0.3, 0.4) is 0 Å². The van der Waals surface area contributed by atoms with E-state index in [4.69, 9.17) is 0 Å². The van der Waals surface area contributed by atoms with Gasteiger partial charge in [0.25, 0.3) is 0 Å². The van der Waals surface area contributed by atoms with E-state index in [-0.39, 0.29) is 0 Å². The molecule has 0 unspecified atom stereocenters. The Balaban J connectivity index is 2.33. The molecule has 0 fully saturated rings. The van der Waals surface area contributed by atoms with Crippen molar-refractivity contribution in [3.05, 3.63) is 18.3 Å². The Morgan fingerprint density at radius 3 is 2.38 bits per heavy atom. The van der Waals surface area contributed by atoms with Crippen LogP contribution in [0.25, 0.3) is 11.5 Å². The van der Waals surface area contributed by atoms with Crippen molar-refractivity contribution in [3.63, 3.8) is 0 Å². The molecule has 0 amide bonds. The molecule has 0 bridgehead atoms. The van der Waals surface area contributed by atoms with Crippen molar-refractivity contribution < 1.29 is 0 Å². The van der Waals surface area contributed by atoms with E-state index in [1.165, 1.54) is 8.38 Å². The van der Waals surface area contributed by atoms with E-state index in [0.717, 1.165) is 5.69 Å². The average Bonchev–Trinajstić information content (AvgIpc) is 2.64. The molecule has 0 aliphatic heterocycles. The number of pyridine rings is 1. The zero-order valence-corrected chi connectivity index (χ0v) is 12.8. The minimum absolute atomic E-state index is 0.582. The van der Waals surface area contributed by atoms with Gasteiger partial charge in [0.1, 0.15) is 0 Å². The van der Waals surface area contributed by atoms with Crippen LogP contribution in [0.5, 0.6) is 0 Å². The number of nitrogens with zero attached hydrogens (tertiary/aromatic N) is 5. The maximum absolute atomic E-state index is 4.40. The van der Waals surface area contributed by atoms with Crippen molar-refractivity contribution in [2.45, 2.75) is 14.8 Å². The minimum atomic E-state index is -1.99. The van der Waals surface area contributed by atoms with E-state index in [0.29, 0.717) is 5.82 Å². The molecule has 0 aromatic carbocycles. The number of hydrogen-bond donors (Lipinski definition) is 0. The summed E-state index contributed by atoms with van der Waals surface area (Å²) in [7, 11) is 1.75. The summed E-state index contributed by atoms with van der Waals surface area (Å²) in [4.78, 5) is 12.9. The van der Waals surface area contributed by atoms with Gasteiger partial charge in [0.2, 0.25) is 0 Å². The number of aryl methyl sites for hydroxylation is 1. The fourth-order valence-electron chi connectivity index (χ4n) is 1.36. The Kier molecular flexibility index (Phi) is 2.96. The zero-order chi connectivity index (χ0) is 11.8. The summed E-state index contributed by atoms with van der Waals surface area (Å²) in [6.45, 7) is 0. The predicted octanol–water partition coefficient (Wildman–Crippen LogP) is 0.817. The van der Waals surface area contributed by atoms with E-state index in [1.54, 1.807) is 7.05 Å². The van der Waals surface area contributed by atoms with Gasteiger partial charge in [0.05, 0.1) is 0 Å². The topological polar surface area (TPSA) is 56.5 Å². The third kappa shape index (κ3) is 2.40. The molecule has 6 heteroatoms. The molecule has 0 atom stereocenters. The quantitative estimate of drug-likeness (QED) is 0.768. The third-order valence-corrected chi connectivity index (χ3v) is 8.15. The van der Waals surface area contributed by atoms with Gasteiger partial charge in [-0.15, -0.1) is 0 Å². The van der Waals surface area contributed by atoms with Crippen LogP contribution in [0, 0.1) is 0 Å². The number of rotatable bonds is 2. The van der Waals surface area contributed by atoms with E-state index >= 15 is 0 Å². The van der Waals surface area contributed by atoms with Crippen molar-refractivity contribution in [1.82, 2.24) is 25.2 Å². The van der Waals surface area contributed by atoms with Gasteiger partial charge in [0, 0.05) is 0 Å². The van der Waals surface area contributed by atoms with Gasteiger partial charge in [0.15, 0.2) is 0 Å². The summed E-state index contributed by atoms with van der Waals surface area (Å²) >= 11 is -1.99. The molecule has 0 aliphatic rings. The van der Waals surface area contributed by atoms with Crippen LogP contribution >= 0.6 is 0 Å². The van der Waals surface area contributed by atoms with Gasteiger partial charge in [-0.25, -0.2) is 0 Å². The predicted molar refractivity (Wildman–Crippen MR) is 65.0 cm³/mol. The third-order valence-electron chi connectivity index (χ3n) is 2.37. The molecule has 0 saturated carbocycles. The first-order chi connectivity index (χ1) is 7.47. The Hall–Kier alpha value is -0.981. The second-order valence-electron chi connectivity index (χ2n) is 4.78. The fourth-order valence-corrected chi connectivity index (χ4v) is 4.31. The molecule has 0 aliphatic carbocycles. The molecule has 16 heavy (non-hydrogen) atoms. The summed E-state index contributed by atoms with van der Waals surface area (Å²) in [5, 5.41) is 11.8. The first-order valence-electron chi connectivity index (χ1n) is 5.18. The van der Waals surface area contributed by atoms with Gasteiger partial charge in [-0.05, 0) is 0 Å². The molecular formula is C10H15N5Sn. The normalized spacial score (nSPS) is 11.8. The molecule has 2 aromatic heterocycles. The SMILES string of the molecule is Cn1nnc(-c2cc[c]([Sn]([CH3])([CH3])[CH3])cn2)n1. The molecule has 2 rings (SSSR count). The van der Waals surface area contributed by atoms with Crippen LogP contribution in [0.1, 0.15) is 0 Å². The van der Waals surface area contributed by atoms with Crippen molar-refractivity contribution in [1.29, 1.82) is 0 Å². The van der Waals surface area contributed by atoms with E-state index in [9.17, 15) is 0 Å². The van der Waals surface area contributed by atoms with Gasteiger partial charge in [-0.2, -0.15) is 0 Å². The molecular weight excluding hydrogens is 309 g/mol. The molecule has 0 N–H and O–H groups in total. The molecule has 2 heterocycles. The van der Waals surface area contributed by atoms with Gasteiger partial charge in [-0.3, -0.25) is 0 Å². The summed E-state index contributed by atoms with van der Waals surface area (Å²) in [5.74, 6) is 0.582. The molecule has 0 spiro atoms. The van der Waals surface area contributed by atoms with E-state index in [2.05, 4.69) is 41.3 Å². The summed E-state index contributed by atoms with van der Waals surface area (Å²) in [5.41, 5.74) is 0.785. The maximum atomic E-state index is 4.40. The van der Waals surface area contributed by atoms with Crippen LogP contribution in [0.15, 0.2) is 18.3 Å². The van der Waals surface area contributed by atoms with Gasteiger partial charge in [-0.1, -0.05) is 0 Å². The Bertz CT molecular complexity index is 483. The molecule has 2 aromatic rings. The van der Waals surface area contributed by atoms with Crippen LogP contribution < -0.4 is 3.58 Å². The van der Waals surface area contributed by atoms with Crippen LogP contribution in [-0.2, 0) is 7.05 Å². The summed E-state index contributed by atoms with van der Waals surface area (Å²) < 4.78 is 1.40. The standard InChI is InChI=1S/C7H6N5.3CH3.Sn/c1-12-10-7(9-11-12)6-4-2-3-5-8-6;;;;/h2,4-5H,1H3;3*1H3;. The first kappa shape index (κ1) is 11.5. The van der Waals surface area contributed by atoms with Crippen molar-refractivity contribution in [2.24, 2.45) is 7.05 Å². The van der Waals surface area contributed by atoms with E-state index < -0.39 is 18.4 Å². The van der Waals surface area contributed by atoms with Gasteiger partial charge < -0.3 is 0 Å². The Morgan fingerprint density at radius 1 is 1.19 bits per heavy atom. The van der Waals surface area contributed by atoms with Crippen LogP contribution in [0.2, 0.25) is 14.8 Å². The Labute approximate surface area is 98.8 Å².